The van der Waals surface area contributed by atoms with Crippen LogP contribution in [-0.2, 0) is 9.53 Å². The van der Waals surface area contributed by atoms with Crippen molar-refractivity contribution in [2.24, 2.45) is 5.41 Å². The van der Waals surface area contributed by atoms with Gasteiger partial charge < -0.3 is 15.2 Å². The molecule has 0 unspecified atom stereocenters. The Bertz CT molecular complexity index is 343. The lowest BCUT2D eigenvalue weighted by Crippen LogP contribution is -2.54. The molecule has 80 valence electrons. The fraction of sp³-hybridized carbons (Fsp3) is 0.400. The molecule has 0 aromatic carbocycles. The van der Waals surface area contributed by atoms with Crippen molar-refractivity contribution in [2.75, 3.05) is 25.1 Å². The highest BCUT2D eigenvalue weighted by Gasteiger charge is 2.45. The van der Waals surface area contributed by atoms with Crippen LogP contribution in [0.3, 0.4) is 0 Å². The quantitative estimate of drug-likeness (QED) is 0.735. The number of amides is 1. The number of aromatic nitrogens is 1. The molecule has 1 aromatic rings. The molecule has 0 saturated carbocycles. The molecule has 0 aliphatic carbocycles. The largest absolute Gasteiger partial charge is 0.395 e. The maximum Gasteiger partial charge on any atom is 0.237 e. The SMILES string of the molecule is O=C(Nc1cccnc1)C1(CO)COC1. The van der Waals surface area contributed by atoms with Crippen LogP contribution in [0.15, 0.2) is 24.5 Å². The highest BCUT2D eigenvalue weighted by molar-refractivity contribution is 5.96. The van der Waals surface area contributed by atoms with Crippen LogP contribution in [0.25, 0.3) is 0 Å². The van der Waals surface area contributed by atoms with Crippen molar-refractivity contribution in [3.05, 3.63) is 24.5 Å². The number of carbonyl (C=O) groups is 1. The summed E-state index contributed by atoms with van der Waals surface area (Å²) >= 11 is 0. The minimum absolute atomic E-state index is 0.195. The van der Waals surface area contributed by atoms with Gasteiger partial charge in [-0.2, -0.15) is 0 Å². The van der Waals surface area contributed by atoms with E-state index in [9.17, 15) is 4.79 Å². The molecule has 2 heterocycles. The minimum Gasteiger partial charge on any atom is -0.395 e. The van der Waals surface area contributed by atoms with E-state index in [1.807, 2.05) is 0 Å². The molecule has 1 saturated heterocycles. The second-order valence-corrected chi connectivity index (χ2v) is 3.63. The van der Waals surface area contributed by atoms with Crippen LogP contribution in [0.2, 0.25) is 0 Å². The molecule has 0 bridgehead atoms. The third-order valence-electron chi connectivity index (χ3n) is 2.46. The van der Waals surface area contributed by atoms with E-state index in [0.717, 1.165) is 0 Å². The Labute approximate surface area is 87.1 Å². The summed E-state index contributed by atoms with van der Waals surface area (Å²) in [5, 5.41) is 11.8. The average molecular weight is 208 g/mol. The van der Waals surface area contributed by atoms with Crippen LogP contribution in [0, 0.1) is 5.41 Å². The highest BCUT2D eigenvalue weighted by atomic mass is 16.5. The lowest BCUT2D eigenvalue weighted by atomic mass is 9.86. The van der Waals surface area contributed by atoms with Gasteiger partial charge in [0.1, 0.15) is 5.41 Å². The second kappa shape index (κ2) is 3.96. The molecule has 2 rings (SSSR count). The summed E-state index contributed by atoms with van der Waals surface area (Å²) in [4.78, 5) is 15.6. The van der Waals surface area contributed by atoms with E-state index in [1.54, 1.807) is 24.5 Å². The van der Waals surface area contributed by atoms with Crippen molar-refractivity contribution in [2.45, 2.75) is 0 Å². The Morgan fingerprint density at radius 2 is 2.47 bits per heavy atom. The summed E-state index contributed by atoms with van der Waals surface area (Å²) in [5.41, 5.74) is -0.141. The van der Waals surface area contributed by atoms with Crippen molar-refractivity contribution in [3.8, 4) is 0 Å². The lowest BCUT2D eigenvalue weighted by molar-refractivity contribution is -0.164. The molecule has 1 aliphatic rings. The van der Waals surface area contributed by atoms with Crippen LogP contribution in [0.4, 0.5) is 5.69 Å². The predicted octanol–water partition coefficient (Wildman–Crippen LogP) is 0.0290. The number of aliphatic hydroxyl groups excluding tert-OH is 1. The van der Waals surface area contributed by atoms with Gasteiger partial charge in [0.05, 0.1) is 31.7 Å². The van der Waals surface area contributed by atoms with Gasteiger partial charge in [0, 0.05) is 6.20 Å². The normalized spacial score (nSPS) is 17.9. The number of hydrogen-bond donors (Lipinski definition) is 2. The van der Waals surface area contributed by atoms with E-state index in [4.69, 9.17) is 9.84 Å². The third-order valence-corrected chi connectivity index (χ3v) is 2.46. The fourth-order valence-corrected chi connectivity index (χ4v) is 1.34. The van der Waals surface area contributed by atoms with Crippen molar-refractivity contribution >= 4 is 11.6 Å². The molecule has 1 fully saturated rings. The molecule has 0 spiro atoms. The number of nitrogens with zero attached hydrogens (tertiary/aromatic N) is 1. The van der Waals surface area contributed by atoms with E-state index in [1.165, 1.54) is 0 Å². The minimum atomic E-state index is -0.768. The second-order valence-electron chi connectivity index (χ2n) is 3.63. The molecule has 1 aromatic heterocycles. The third kappa shape index (κ3) is 1.84. The first kappa shape index (κ1) is 10.1. The summed E-state index contributed by atoms with van der Waals surface area (Å²) in [5.74, 6) is -0.218. The van der Waals surface area contributed by atoms with Gasteiger partial charge in [-0.25, -0.2) is 0 Å². The molecular weight excluding hydrogens is 196 g/mol. The molecular formula is C10H12N2O3. The molecule has 5 heteroatoms. The van der Waals surface area contributed by atoms with Crippen LogP contribution < -0.4 is 5.32 Å². The van der Waals surface area contributed by atoms with E-state index >= 15 is 0 Å². The summed E-state index contributed by atoms with van der Waals surface area (Å²) in [7, 11) is 0. The van der Waals surface area contributed by atoms with Gasteiger partial charge in [0.2, 0.25) is 5.91 Å². The Hall–Kier alpha value is -1.46. The predicted molar refractivity (Wildman–Crippen MR) is 53.2 cm³/mol. The fourth-order valence-electron chi connectivity index (χ4n) is 1.34. The lowest BCUT2D eigenvalue weighted by Gasteiger charge is -2.37. The molecule has 15 heavy (non-hydrogen) atoms. The number of anilines is 1. The number of ether oxygens (including phenoxy) is 1. The van der Waals surface area contributed by atoms with Gasteiger partial charge >= 0.3 is 0 Å². The first-order valence-corrected chi connectivity index (χ1v) is 4.67. The zero-order valence-electron chi connectivity index (χ0n) is 8.14. The number of nitrogens with one attached hydrogen (secondary N) is 1. The molecule has 2 N–H and O–H groups in total. The number of aliphatic hydroxyl groups is 1. The highest BCUT2D eigenvalue weighted by Crippen LogP contribution is 2.28. The maximum absolute atomic E-state index is 11.8. The zero-order valence-corrected chi connectivity index (χ0v) is 8.14. The smallest absolute Gasteiger partial charge is 0.237 e. The maximum atomic E-state index is 11.8. The van der Waals surface area contributed by atoms with E-state index in [0.29, 0.717) is 5.69 Å². The summed E-state index contributed by atoms with van der Waals surface area (Å²) in [6.07, 6.45) is 3.19. The first-order valence-electron chi connectivity index (χ1n) is 4.67. The topological polar surface area (TPSA) is 71.5 Å². The van der Waals surface area contributed by atoms with E-state index < -0.39 is 5.41 Å². The van der Waals surface area contributed by atoms with Crippen LogP contribution in [0.1, 0.15) is 0 Å². The molecule has 1 aliphatic heterocycles. The number of hydrogen-bond acceptors (Lipinski definition) is 4. The van der Waals surface area contributed by atoms with Gasteiger partial charge in [0.15, 0.2) is 0 Å². The number of rotatable bonds is 3. The van der Waals surface area contributed by atoms with Crippen LogP contribution >= 0.6 is 0 Å². The van der Waals surface area contributed by atoms with Gasteiger partial charge in [-0.1, -0.05) is 0 Å². The van der Waals surface area contributed by atoms with Gasteiger partial charge in [0.25, 0.3) is 0 Å². The Morgan fingerprint density at radius 1 is 1.67 bits per heavy atom. The van der Waals surface area contributed by atoms with Crippen molar-refractivity contribution < 1.29 is 14.6 Å². The monoisotopic (exact) mass is 208 g/mol. The van der Waals surface area contributed by atoms with Crippen molar-refractivity contribution in [1.29, 1.82) is 0 Å². The number of pyridine rings is 1. The van der Waals surface area contributed by atoms with Gasteiger partial charge in [-0.3, -0.25) is 9.78 Å². The standard InChI is InChI=1S/C10H12N2O3/c13-5-10(6-15-7-10)9(14)12-8-2-1-3-11-4-8/h1-4,13H,5-7H2,(H,12,14). The van der Waals surface area contributed by atoms with Gasteiger partial charge in [-0.15, -0.1) is 0 Å². The first-order chi connectivity index (χ1) is 7.27. The van der Waals surface area contributed by atoms with E-state index in [2.05, 4.69) is 10.3 Å². The van der Waals surface area contributed by atoms with Crippen LogP contribution in [-0.4, -0.2) is 35.8 Å². The molecule has 5 nitrogen and oxygen atoms in total. The number of carbonyl (C=O) groups excluding carboxylic acids is 1. The Morgan fingerprint density at radius 3 is 2.93 bits per heavy atom. The molecule has 1 amide bonds. The van der Waals surface area contributed by atoms with Gasteiger partial charge in [-0.05, 0) is 12.1 Å². The van der Waals surface area contributed by atoms with Crippen molar-refractivity contribution in [3.63, 3.8) is 0 Å². The zero-order chi connectivity index (χ0) is 10.7. The molecule has 0 atom stereocenters. The van der Waals surface area contributed by atoms with Crippen LogP contribution in [0.5, 0.6) is 0 Å². The average Bonchev–Trinajstić information content (AvgIpc) is 2.18. The van der Waals surface area contributed by atoms with Crippen molar-refractivity contribution in [1.82, 2.24) is 4.98 Å². The summed E-state index contributed by atoms with van der Waals surface area (Å²) in [6.45, 7) is 0.351. The summed E-state index contributed by atoms with van der Waals surface area (Å²) < 4.78 is 4.95. The molecule has 0 radical (unpaired) electrons. The Balaban J connectivity index is 2.04. The Kier molecular flexibility index (Phi) is 2.66. The van der Waals surface area contributed by atoms with E-state index in [-0.39, 0.29) is 25.7 Å². The summed E-state index contributed by atoms with van der Waals surface area (Å²) in [6, 6.07) is 3.48.